The molecule has 1 aliphatic rings. The minimum absolute atomic E-state index is 0.486. The quantitative estimate of drug-likeness (QED) is 0.817. The lowest BCUT2D eigenvalue weighted by atomic mass is 10.1. The molecule has 1 atom stereocenters. The molecule has 1 aromatic rings. The van der Waals surface area contributed by atoms with Crippen LogP contribution in [-0.2, 0) is 0 Å². The lowest BCUT2D eigenvalue weighted by molar-refractivity contribution is 0.573. The Morgan fingerprint density at radius 2 is 2.40 bits per heavy atom. The van der Waals surface area contributed by atoms with Crippen molar-refractivity contribution in [3.8, 4) is 6.07 Å². The average molecular weight is 201 g/mol. The Morgan fingerprint density at radius 1 is 1.67 bits per heavy atom. The zero-order valence-electron chi connectivity index (χ0n) is 9.12. The van der Waals surface area contributed by atoms with E-state index in [9.17, 15) is 0 Å². The maximum absolute atomic E-state index is 8.73. The molecule has 0 radical (unpaired) electrons. The van der Waals surface area contributed by atoms with Gasteiger partial charge in [0.15, 0.2) is 0 Å². The first-order valence-electron chi connectivity index (χ1n) is 5.22. The normalized spacial score (nSPS) is 21.8. The highest BCUT2D eigenvalue weighted by atomic mass is 15.0. The molecule has 1 saturated carbocycles. The summed E-state index contributed by atoms with van der Waals surface area (Å²) >= 11 is 0. The van der Waals surface area contributed by atoms with Gasteiger partial charge in [-0.05, 0) is 29.9 Å². The smallest absolute Gasteiger partial charge is 0.127 e. The van der Waals surface area contributed by atoms with Gasteiger partial charge in [0.05, 0.1) is 11.6 Å². The molecule has 2 rings (SSSR count). The first kappa shape index (κ1) is 9.97. The Hall–Kier alpha value is -1.56. The number of anilines is 1. The Morgan fingerprint density at radius 3 is 3.00 bits per heavy atom. The Labute approximate surface area is 90.1 Å². The molecule has 0 spiro atoms. The summed E-state index contributed by atoms with van der Waals surface area (Å²) in [5.41, 5.74) is 1.14. The van der Waals surface area contributed by atoms with Crippen molar-refractivity contribution >= 4 is 5.82 Å². The number of hydrogen-bond donors (Lipinski definition) is 1. The van der Waals surface area contributed by atoms with Crippen molar-refractivity contribution in [2.24, 2.45) is 11.3 Å². The van der Waals surface area contributed by atoms with Crippen LogP contribution in [0.5, 0.6) is 0 Å². The lowest BCUT2D eigenvalue weighted by Crippen LogP contribution is -2.08. The summed E-state index contributed by atoms with van der Waals surface area (Å²) in [6, 6.07) is 5.61. The lowest BCUT2D eigenvalue weighted by Gasteiger charge is -2.06. The third-order valence-corrected chi connectivity index (χ3v) is 3.14. The van der Waals surface area contributed by atoms with Gasteiger partial charge >= 0.3 is 0 Å². The number of nitrogens with zero attached hydrogens (tertiary/aromatic N) is 2. The van der Waals surface area contributed by atoms with Crippen molar-refractivity contribution in [3.05, 3.63) is 23.9 Å². The molecular weight excluding hydrogens is 186 g/mol. The number of hydrogen-bond acceptors (Lipinski definition) is 3. The van der Waals surface area contributed by atoms with Crippen LogP contribution in [-0.4, -0.2) is 11.5 Å². The highest BCUT2D eigenvalue weighted by Crippen LogP contribution is 2.51. The molecule has 1 unspecified atom stereocenters. The van der Waals surface area contributed by atoms with Gasteiger partial charge in [0.1, 0.15) is 5.82 Å². The highest BCUT2D eigenvalue weighted by molar-refractivity contribution is 5.42. The third-order valence-electron chi connectivity index (χ3n) is 3.14. The molecule has 3 heteroatoms. The summed E-state index contributed by atoms with van der Waals surface area (Å²) in [5, 5.41) is 12.0. The van der Waals surface area contributed by atoms with Gasteiger partial charge in [-0.2, -0.15) is 5.26 Å². The molecular formula is C12H15N3. The van der Waals surface area contributed by atoms with E-state index in [4.69, 9.17) is 5.26 Å². The zero-order chi connectivity index (χ0) is 10.9. The fraction of sp³-hybridized carbons (Fsp3) is 0.500. The summed E-state index contributed by atoms with van der Waals surface area (Å²) in [7, 11) is 0. The molecule has 1 N–H and O–H groups in total. The van der Waals surface area contributed by atoms with Crippen LogP contribution in [0, 0.1) is 22.7 Å². The molecule has 0 amide bonds. The molecule has 0 bridgehead atoms. The Balaban J connectivity index is 1.92. The second-order valence-electron chi connectivity index (χ2n) is 4.81. The van der Waals surface area contributed by atoms with E-state index in [0.717, 1.165) is 18.3 Å². The summed E-state index contributed by atoms with van der Waals surface area (Å²) in [4.78, 5) is 4.17. The van der Waals surface area contributed by atoms with Gasteiger partial charge in [-0.15, -0.1) is 0 Å². The Bertz CT molecular complexity index is 404. The summed E-state index contributed by atoms with van der Waals surface area (Å²) < 4.78 is 0. The van der Waals surface area contributed by atoms with Gasteiger partial charge in [-0.3, -0.25) is 0 Å². The average Bonchev–Trinajstić information content (AvgIpc) is 2.84. The molecule has 1 aliphatic carbocycles. The van der Waals surface area contributed by atoms with Crippen LogP contribution < -0.4 is 5.32 Å². The van der Waals surface area contributed by atoms with E-state index in [1.807, 2.05) is 0 Å². The SMILES string of the molecule is CC1(C)CC1CNc1cc(C#N)ccn1. The summed E-state index contributed by atoms with van der Waals surface area (Å²) in [6.07, 6.45) is 2.94. The monoisotopic (exact) mass is 201 g/mol. The first-order valence-corrected chi connectivity index (χ1v) is 5.22. The Kier molecular flexibility index (Phi) is 2.36. The van der Waals surface area contributed by atoms with Gasteiger partial charge < -0.3 is 5.32 Å². The molecule has 3 nitrogen and oxygen atoms in total. The molecule has 1 fully saturated rings. The molecule has 15 heavy (non-hydrogen) atoms. The van der Waals surface area contributed by atoms with Crippen molar-refractivity contribution < 1.29 is 0 Å². The van der Waals surface area contributed by atoms with Gasteiger partial charge in [0.2, 0.25) is 0 Å². The van der Waals surface area contributed by atoms with Crippen molar-refractivity contribution in [1.82, 2.24) is 4.98 Å². The second kappa shape index (κ2) is 3.54. The number of nitrogens with one attached hydrogen (secondary N) is 1. The standard InChI is InChI=1S/C12H15N3/c1-12(2)6-10(12)8-15-11-5-9(7-13)3-4-14-11/h3-5,10H,6,8H2,1-2H3,(H,14,15). The van der Waals surface area contributed by atoms with Crippen molar-refractivity contribution in [2.75, 3.05) is 11.9 Å². The van der Waals surface area contributed by atoms with E-state index < -0.39 is 0 Å². The number of aromatic nitrogens is 1. The van der Waals surface area contributed by atoms with E-state index in [2.05, 4.69) is 30.2 Å². The van der Waals surface area contributed by atoms with E-state index in [-0.39, 0.29) is 0 Å². The maximum Gasteiger partial charge on any atom is 0.127 e. The fourth-order valence-corrected chi connectivity index (χ4v) is 1.75. The minimum atomic E-state index is 0.486. The van der Waals surface area contributed by atoms with Crippen LogP contribution >= 0.6 is 0 Å². The minimum Gasteiger partial charge on any atom is -0.370 e. The largest absolute Gasteiger partial charge is 0.370 e. The van der Waals surface area contributed by atoms with Crippen LogP contribution in [0.1, 0.15) is 25.8 Å². The van der Waals surface area contributed by atoms with E-state index in [0.29, 0.717) is 11.0 Å². The number of nitriles is 1. The van der Waals surface area contributed by atoms with Crippen LogP contribution in [0.3, 0.4) is 0 Å². The topological polar surface area (TPSA) is 48.7 Å². The highest BCUT2D eigenvalue weighted by Gasteiger charge is 2.44. The van der Waals surface area contributed by atoms with E-state index >= 15 is 0 Å². The number of pyridine rings is 1. The van der Waals surface area contributed by atoms with Gasteiger partial charge in [0, 0.05) is 12.7 Å². The van der Waals surface area contributed by atoms with Crippen molar-refractivity contribution in [2.45, 2.75) is 20.3 Å². The maximum atomic E-state index is 8.73. The second-order valence-corrected chi connectivity index (χ2v) is 4.81. The predicted molar refractivity (Wildman–Crippen MR) is 59.3 cm³/mol. The molecule has 0 saturated heterocycles. The molecule has 0 aliphatic heterocycles. The molecule has 1 aromatic heterocycles. The van der Waals surface area contributed by atoms with Gasteiger partial charge in [0.25, 0.3) is 0 Å². The van der Waals surface area contributed by atoms with E-state index in [1.54, 1.807) is 18.3 Å². The van der Waals surface area contributed by atoms with Crippen LogP contribution in [0.15, 0.2) is 18.3 Å². The fourth-order valence-electron chi connectivity index (χ4n) is 1.75. The summed E-state index contributed by atoms with van der Waals surface area (Å²) in [6.45, 7) is 5.51. The van der Waals surface area contributed by atoms with Crippen molar-refractivity contribution in [3.63, 3.8) is 0 Å². The summed E-state index contributed by atoms with van der Waals surface area (Å²) in [5.74, 6) is 1.54. The van der Waals surface area contributed by atoms with Crippen LogP contribution in [0.4, 0.5) is 5.82 Å². The predicted octanol–water partition coefficient (Wildman–Crippen LogP) is 2.41. The van der Waals surface area contributed by atoms with Gasteiger partial charge in [-0.25, -0.2) is 4.98 Å². The third kappa shape index (κ3) is 2.27. The molecule has 1 heterocycles. The molecule has 0 aromatic carbocycles. The van der Waals surface area contributed by atoms with Crippen LogP contribution in [0.2, 0.25) is 0 Å². The van der Waals surface area contributed by atoms with Gasteiger partial charge in [-0.1, -0.05) is 13.8 Å². The molecule has 78 valence electrons. The van der Waals surface area contributed by atoms with E-state index in [1.165, 1.54) is 6.42 Å². The van der Waals surface area contributed by atoms with Crippen molar-refractivity contribution in [1.29, 1.82) is 5.26 Å². The zero-order valence-corrected chi connectivity index (χ0v) is 9.12. The first-order chi connectivity index (χ1) is 7.12. The van der Waals surface area contributed by atoms with Crippen LogP contribution in [0.25, 0.3) is 0 Å². The number of rotatable bonds is 3.